The molecule has 0 spiro atoms. The summed E-state index contributed by atoms with van der Waals surface area (Å²) >= 11 is 1.42. The molecule has 1 aromatic heterocycles. The van der Waals surface area contributed by atoms with E-state index in [1.807, 2.05) is 6.07 Å². The molecule has 0 aliphatic heterocycles. The van der Waals surface area contributed by atoms with Gasteiger partial charge in [0.2, 0.25) is 0 Å². The molecule has 1 heterocycles. The first-order valence-electron chi connectivity index (χ1n) is 7.18. The van der Waals surface area contributed by atoms with Crippen LogP contribution in [0.5, 0.6) is 0 Å². The van der Waals surface area contributed by atoms with Gasteiger partial charge in [0.1, 0.15) is 10.8 Å². The van der Waals surface area contributed by atoms with Gasteiger partial charge in [0.25, 0.3) is 0 Å². The van der Waals surface area contributed by atoms with E-state index in [0.29, 0.717) is 10.8 Å². The fraction of sp³-hybridized carbons (Fsp3) is 0.500. The second-order valence-electron chi connectivity index (χ2n) is 5.69. The molecular weight excluding hydrogens is 300 g/mol. The zero-order valence-corrected chi connectivity index (χ0v) is 13.5. The summed E-state index contributed by atoms with van der Waals surface area (Å²) in [6.45, 7) is 3.12. The van der Waals surface area contributed by atoms with Crippen molar-refractivity contribution in [1.82, 2.24) is 0 Å². The lowest BCUT2D eigenvalue weighted by Crippen LogP contribution is -2.25. The molecule has 0 aromatic carbocycles. The van der Waals surface area contributed by atoms with Crippen LogP contribution in [0.2, 0.25) is 0 Å². The monoisotopic (exact) mass is 318 g/mol. The zero-order chi connectivity index (χ0) is 16.3. The van der Waals surface area contributed by atoms with E-state index < -0.39 is 24.3 Å². The Morgan fingerprint density at radius 3 is 2.95 bits per heavy atom. The summed E-state index contributed by atoms with van der Waals surface area (Å²) in [7, 11) is 0. The van der Waals surface area contributed by atoms with E-state index in [1.165, 1.54) is 28.7 Å². The highest BCUT2D eigenvalue weighted by Gasteiger charge is 2.24. The summed E-state index contributed by atoms with van der Waals surface area (Å²) in [5.41, 5.74) is 1.16. The normalized spacial score (nSPS) is 18.0. The van der Waals surface area contributed by atoms with Crippen molar-refractivity contribution in [3.05, 3.63) is 21.4 Å². The molecule has 0 saturated carbocycles. The molecule has 2 atom stereocenters. The van der Waals surface area contributed by atoms with Gasteiger partial charge < -0.3 is 10.1 Å². The maximum atomic E-state index is 12.0. The first kappa shape index (κ1) is 16.4. The summed E-state index contributed by atoms with van der Waals surface area (Å²) in [5, 5.41) is 16.2. The molecule has 5 nitrogen and oxygen atoms in total. The molecule has 6 heteroatoms. The average Bonchev–Trinajstić information content (AvgIpc) is 2.88. The third-order valence-electron chi connectivity index (χ3n) is 3.76. The van der Waals surface area contributed by atoms with Crippen LogP contribution in [0.4, 0.5) is 0 Å². The Hall–Kier alpha value is -2.00. The second kappa shape index (κ2) is 6.84. The largest absolute Gasteiger partial charge is 0.453 e. The summed E-state index contributed by atoms with van der Waals surface area (Å²) in [6.07, 6.45) is 3.08. The third kappa shape index (κ3) is 3.60. The lowest BCUT2D eigenvalue weighted by molar-refractivity contribution is -0.122. The van der Waals surface area contributed by atoms with Gasteiger partial charge in [-0.2, -0.15) is 5.26 Å². The van der Waals surface area contributed by atoms with E-state index in [2.05, 4.69) is 6.92 Å². The van der Waals surface area contributed by atoms with Crippen LogP contribution in [0.25, 0.3) is 0 Å². The molecular formula is C16H18N2O3S. The number of fused-ring (bicyclic) bond motifs is 1. The van der Waals surface area contributed by atoms with Gasteiger partial charge in [-0.3, -0.25) is 4.79 Å². The van der Waals surface area contributed by atoms with Crippen molar-refractivity contribution in [2.24, 2.45) is 11.8 Å². The van der Waals surface area contributed by atoms with Crippen LogP contribution in [0.15, 0.2) is 6.07 Å². The predicted octanol–water partition coefficient (Wildman–Crippen LogP) is 2.78. The van der Waals surface area contributed by atoms with Gasteiger partial charge in [-0.15, -0.1) is 11.3 Å². The Morgan fingerprint density at radius 1 is 1.59 bits per heavy atom. The number of rotatable bonds is 5. The molecule has 1 aromatic rings. The van der Waals surface area contributed by atoms with Crippen molar-refractivity contribution in [3.8, 4) is 6.07 Å². The Labute approximate surface area is 133 Å². The van der Waals surface area contributed by atoms with E-state index in [-0.39, 0.29) is 5.71 Å². The summed E-state index contributed by atoms with van der Waals surface area (Å²) < 4.78 is 5.00. The number of thiophene rings is 1. The summed E-state index contributed by atoms with van der Waals surface area (Å²) in [5.74, 6) is -1.59. The number of esters is 1. The molecule has 0 amide bonds. The van der Waals surface area contributed by atoms with Gasteiger partial charge in [-0.1, -0.05) is 6.92 Å². The van der Waals surface area contributed by atoms with Crippen LogP contribution >= 0.6 is 11.3 Å². The lowest BCUT2D eigenvalue weighted by atomic mass is 9.90. The molecule has 22 heavy (non-hydrogen) atoms. The Kier molecular flexibility index (Phi) is 5.09. The number of carbonyl (C=O) groups is 2. The molecule has 0 fully saturated rings. The standard InChI is InChI=1S/C16H18N2O3S/c1-9-3-4-14-11(5-9)6-15(22-14)16(20)21-8-13(19)12(7-17)10(2)18/h6,9,12,18H,3-5,8H2,1-2H3/t9-,12+/m1/s1. The number of hydrogen-bond acceptors (Lipinski definition) is 6. The van der Waals surface area contributed by atoms with Crippen LogP contribution in [0, 0.1) is 28.6 Å². The highest BCUT2D eigenvalue weighted by atomic mass is 32.1. The highest BCUT2D eigenvalue weighted by Crippen LogP contribution is 2.32. The molecule has 0 saturated heterocycles. The summed E-state index contributed by atoms with van der Waals surface area (Å²) in [6, 6.07) is 3.60. The first-order valence-corrected chi connectivity index (χ1v) is 8.00. The fourth-order valence-electron chi connectivity index (χ4n) is 2.51. The average molecular weight is 318 g/mol. The smallest absolute Gasteiger partial charge is 0.348 e. The second-order valence-corrected chi connectivity index (χ2v) is 6.83. The van der Waals surface area contributed by atoms with Crippen molar-refractivity contribution >= 4 is 28.8 Å². The van der Waals surface area contributed by atoms with Gasteiger partial charge in [0, 0.05) is 10.6 Å². The maximum Gasteiger partial charge on any atom is 0.348 e. The van der Waals surface area contributed by atoms with Gasteiger partial charge in [-0.05, 0) is 43.7 Å². The number of nitriles is 1. The van der Waals surface area contributed by atoms with E-state index in [4.69, 9.17) is 15.4 Å². The van der Waals surface area contributed by atoms with Crippen LogP contribution in [0.1, 0.15) is 40.4 Å². The van der Waals surface area contributed by atoms with Crippen molar-refractivity contribution < 1.29 is 14.3 Å². The van der Waals surface area contributed by atoms with Crippen molar-refractivity contribution in [2.45, 2.75) is 33.1 Å². The molecule has 1 N–H and O–H groups in total. The van der Waals surface area contributed by atoms with E-state index in [9.17, 15) is 9.59 Å². The van der Waals surface area contributed by atoms with E-state index in [1.54, 1.807) is 6.07 Å². The lowest BCUT2D eigenvalue weighted by Gasteiger charge is -2.16. The van der Waals surface area contributed by atoms with Crippen LogP contribution in [0.3, 0.4) is 0 Å². The van der Waals surface area contributed by atoms with Crippen LogP contribution in [-0.4, -0.2) is 24.1 Å². The minimum absolute atomic E-state index is 0.0378. The zero-order valence-electron chi connectivity index (χ0n) is 12.6. The van der Waals surface area contributed by atoms with Crippen LogP contribution < -0.4 is 0 Å². The van der Waals surface area contributed by atoms with Crippen LogP contribution in [-0.2, 0) is 22.4 Å². The molecule has 0 unspecified atom stereocenters. The number of Topliss-reactive ketones (excluding diaryl/α,β-unsaturated/α-hetero) is 1. The van der Waals surface area contributed by atoms with Crippen molar-refractivity contribution in [3.63, 3.8) is 0 Å². The third-order valence-corrected chi connectivity index (χ3v) is 4.98. The maximum absolute atomic E-state index is 12.0. The number of ether oxygens (including phenoxy) is 1. The number of hydrogen-bond donors (Lipinski definition) is 1. The number of nitrogens with zero attached hydrogens (tertiary/aromatic N) is 1. The van der Waals surface area contributed by atoms with Gasteiger partial charge in [-0.25, -0.2) is 4.79 Å². The summed E-state index contributed by atoms with van der Waals surface area (Å²) in [4.78, 5) is 25.5. The molecule has 0 radical (unpaired) electrons. The van der Waals surface area contributed by atoms with E-state index in [0.717, 1.165) is 19.3 Å². The molecule has 2 rings (SSSR count). The van der Waals surface area contributed by atoms with Crippen molar-refractivity contribution in [2.75, 3.05) is 6.61 Å². The number of aryl methyl sites for hydroxylation is 1. The molecule has 116 valence electrons. The number of ketones is 1. The van der Waals surface area contributed by atoms with Gasteiger partial charge in [0.15, 0.2) is 12.4 Å². The van der Waals surface area contributed by atoms with E-state index >= 15 is 0 Å². The minimum Gasteiger partial charge on any atom is -0.453 e. The minimum atomic E-state index is -1.13. The molecule has 0 bridgehead atoms. The Balaban J connectivity index is 1.97. The SMILES string of the molecule is CC(=N)[C@H](C#N)C(=O)COC(=O)c1cc2c(s1)CC[C@@H](C)C2. The quantitative estimate of drug-likeness (QED) is 0.667. The van der Waals surface area contributed by atoms with Gasteiger partial charge >= 0.3 is 5.97 Å². The molecule has 1 aliphatic rings. The number of nitrogens with one attached hydrogen (secondary N) is 1. The van der Waals surface area contributed by atoms with Crippen molar-refractivity contribution in [1.29, 1.82) is 10.7 Å². The Bertz CT molecular complexity index is 657. The predicted molar refractivity (Wildman–Crippen MR) is 83.3 cm³/mol. The first-order chi connectivity index (χ1) is 10.4. The number of carbonyl (C=O) groups excluding carboxylic acids is 2. The van der Waals surface area contributed by atoms with Gasteiger partial charge in [0.05, 0.1) is 6.07 Å². The molecule has 1 aliphatic carbocycles. The fourth-order valence-corrected chi connectivity index (χ4v) is 3.61. The topological polar surface area (TPSA) is 91.0 Å². The Morgan fingerprint density at radius 2 is 2.32 bits per heavy atom. The highest BCUT2D eigenvalue weighted by molar-refractivity contribution is 7.14.